The van der Waals surface area contributed by atoms with Gasteiger partial charge in [0, 0.05) is 6.54 Å². The molecule has 1 rings (SSSR count). The van der Waals surface area contributed by atoms with Crippen molar-refractivity contribution in [2.75, 3.05) is 33.4 Å². The molecule has 0 spiro atoms. The van der Waals surface area contributed by atoms with E-state index in [0.717, 1.165) is 13.0 Å². The Labute approximate surface area is 97.6 Å². The van der Waals surface area contributed by atoms with Crippen molar-refractivity contribution in [3.05, 3.63) is 0 Å². The molecular weight excluding hydrogens is 206 g/mol. The SMILES string of the molecule is CN(CCC(C)(C)C)CC1(C(=O)O)COC1. The van der Waals surface area contributed by atoms with Crippen molar-refractivity contribution in [1.29, 1.82) is 0 Å². The smallest absolute Gasteiger partial charge is 0.315 e. The third-order valence-corrected chi connectivity index (χ3v) is 3.03. The third kappa shape index (κ3) is 3.46. The van der Waals surface area contributed by atoms with E-state index < -0.39 is 11.4 Å². The first-order valence-corrected chi connectivity index (χ1v) is 5.75. The Hall–Kier alpha value is -0.610. The molecule has 0 bridgehead atoms. The molecule has 4 nitrogen and oxygen atoms in total. The van der Waals surface area contributed by atoms with Gasteiger partial charge in [-0.15, -0.1) is 0 Å². The molecule has 0 amide bonds. The highest BCUT2D eigenvalue weighted by atomic mass is 16.5. The van der Waals surface area contributed by atoms with Crippen molar-refractivity contribution < 1.29 is 14.6 Å². The van der Waals surface area contributed by atoms with Crippen molar-refractivity contribution in [3.63, 3.8) is 0 Å². The number of hydrogen-bond acceptors (Lipinski definition) is 3. The lowest BCUT2D eigenvalue weighted by atomic mass is 9.85. The molecule has 1 saturated heterocycles. The number of carboxylic acids is 1. The highest BCUT2D eigenvalue weighted by Crippen LogP contribution is 2.29. The molecule has 1 N–H and O–H groups in total. The van der Waals surface area contributed by atoms with Crippen LogP contribution in [0.15, 0.2) is 0 Å². The zero-order chi connectivity index (χ0) is 12.4. The molecule has 0 unspecified atom stereocenters. The van der Waals surface area contributed by atoms with Crippen LogP contribution in [-0.4, -0.2) is 49.3 Å². The Bertz CT molecular complexity index is 253. The second-order valence-corrected chi connectivity index (χ2v) is 6.13. The van der Waals surface area contributed by atoms with Crippen LogP contribution in [0.2, 0.25) is 0 Å². The summed E-state index contributed by atoms with van der Waals surface area (Å²) >= 11 is 0. The lowest BCUT2D eigenvalue weighted by Gasteiger charge is -2.40. The molecule has 1 aliphatic rings. The third-order valence-electron chi connectivity index (χ3n) is 3.03. The second-order valence-electron chi connectivity index (χ2n) is 6.13. The topological polar surface area (TPSA) is 49.8 Å². The van der Waals surface area contributed by atoms with Gasteiger partial charge in [0.2, 0.25) is 0 Å². The van der Waals surface area contributed by atoms with Crippen LogP contribution in [0.4, 0.5) is 0 Å². The molecule has 1 fully saturated rings. The molecule has 0 atom stereocenters. The highest BCUT2D eigenvalue weighted by Gasteiger charge is 2.46. The maximum atomic E-state index is 11.1. The Balaban J connectivity index is 2.38. The lowest BCUT2D eigenvalue weighted by molar-refractivity contribution is -0.182. The Morgan fingerprint density at radius 2 is 2.00 bits per heavy atom. The van der Waals surface area contributed by atoms with Crippen LogP contribution in [0, 0.1) is 10.8 Å². The molecule has 0 saturated carbocycles. The quantitative estimate of drug-likeness (QED) is 0.775. The molecule has 4 heteroatoms. The largest absolute Gasteiger partial charge is 0.481 e. The number of aliphatic carboxylic acids is 1. The lowest BCUT2D eigenvalue weighted by Crippen LogP contribution is -2.55. The van der Waals surface area contributed by atoms with Gasteiger partial charge < -0.3 is 14.7 Å². The van der Waals surface area contributed by atoms with Crippen LogP contribution >= 0.6 is 0 Å². The molecule has 0 aromatic carbocycles. The molecule has 1 aliphatic heterocycles. The summed E-state index contributed by atoms with van der Waals surface area (Å²) in [6.45, 7) is 8.79. The van der Waals surface area contributed by atoms with Crippen molar-refractivity contribution in [3.8, 4) is 0 Å². The number of ether oxygens (including phenoxy) is 1. The fraction of sp³-hybridized carbons (Fsp3) is 0.917. The Kier molecular flexibility index (Phi) is 3.97. The average molecular weight is 229 g/mol. The first-order chi connectivity index (χ1) is 7.25. The standard InChI is InChI=1S/C12H23NO3/c1-11(2,3)5-6-13(4)7-12(10(14)15)8-16-9-12/h5-9H2,1-4H3,(H,14,15). The zero-order valence-electron chi connectivity index (χ0n) is 10.7. The van der Waals surface area contributed by atoms with Crippen LogP contribution in [0.1, 0.15) is 27.2 Å². The van der Waals surface area contributed by atoms with Crippen LogP contribution in [-0.2, 0) is 9.53 Å². The van der Waals surface area contributed by atoms with Gasteiger partial charge in [0.25, 0.3) is 0 Å². The first kappa shape index (κ1) is 13.5. The summed E-state index contributed by atoms with van der Waals surface area (Å²) in [6, 6.07) is 0. The molecular formula is C12H23NO3. The normalized spacial score (nSPS) is 19.6. The molecule has 0 radical (unpaired) electrons. The number of carboxylic acid groups (broad SMARTS) is 1. The summed E-state index contributed by atoms with van der Waals surface area (Å²) in [5.74, 6) is -0.735. The predicted molar refractivity (Wildman–Crippen MR) is 62.5 cm³/mol. The van der Waals surface area contributed by atoms with Gasteiger partial charge in [-0.2, -0.15) is 0 Å². The van der Waals surface area contributed by atoms with E-state index in [1.807, 2.05) is 7.05 Å². The van der Waals surface area contributed by atoms with E-state index in [2.05, 4.69) is 25.7 Å². The van der Waals surface area contributed by atoms with Gasteiger partial charge in [0.1, 0.15) is 5.41 Å². The summed E-state index contributed by atoms with van der Waals surface area (Å²) in [6.07, 6.45) is 1.07. The minimum absolute atomic E-state index is 0.292. The number of carbonyl (C=O) groups is 1. The minimum atomic E-state index is -0.735. The van der Waals surface area contributed by atoms with Gasteiger partial charge in [-0.25, -0.2) is 0 Å². The van der Waals surface area contributed by atoms with E-state index in [1.165, 1.54) is 0 Å². The van der Waals surface area contributed by atoms with Crippen LogP contribution < -0.4 is 0 Å². The monoisotopic (exact) mass is 229 g/mol. The number of nitrogens with zero attached hydrogens (tertiary/aromatic N) is 1. The van der Waals surface area contributed by atoms with Crippen molar-refractivity contribution in [1.82, 2.24) is 4.90 Å². The van der Waals surface area contributed by atoms with Crippen molar-refractivity contribution in [2.24, 2.45) is 10.8 Å². The van der Waals surface area contributed by atoms with Crippen LogP contribution in [0.3, 0.4) is 0 Å². The maximum Gasteiger partial charge on any atom is 0.315 e. The molecule has 94 valence electrons. The molecule has 0 aromatic rings. The van der Waals surface area contributed by atoms with E-state index >= 15 is 0 Å². The van der Waals surface area contributed by atoms with E-state index in [0.29, 0.717) is 25.2 Å². The van der Waals surface area contributed by atoms with Crippen molar-refractivity contribution >= 4 is 5.97 Å². The van der Waals surface area contributed by atoms with Gasteiger partial charge in [-0.05, 0) is 25.4 Å². The summed E-state index contributed by atoms with van der Waals surface area (Å²) < 4.78 is 5.04. The zero-order valence-corrected chi connectivity index (χ0v) is 10.7. The maximum absolute atomic E-state index is 11.1. The highest BCUT2D eigenvalue weighted by molar-refractivity contribution is 5.76. The van der Waals surface area contributed by atoms with E-state index in [-0.39, 0.29) is 0 Å². The fourth-order valence-corrected chi connectivity index (χ4v) is 1.75. The van der Waals surface area contributed by atoms with E-state index in [4.69, 9.17) is 9.84 Å². The van der Waals surface area contributed by atoms with E-state index in [1.54, 1.807) is 0 Å². The summed E-state index contributed by atoms with van der Waals surface area (Å²) in [5, 5.41) is 9.15. The Morgan fingerprint density at radius 3 is 2.31 bits per heavy atom. The average Bonchev–Trinajstić information content (AvgIpc) is 2.06. The molecule has 16 heavy (non-hydrogen) atoms. The first-order valence-electron chi connectivity index (χ1n) is 5.75. The number of hydrogen-bond donors (Lipinski definition) is 1. The predicted octanol–water partition coefficient (Wildman–Crippen LogP) is 1.46. The van der Waals surface area contributed by atoms with Gasteiger partial charge in [-0.3, -0.25) is 4.79 Å². The summed E-state index contributed by atoms with van der Waals surface area (Å²) in [7, 11) is 1.98. The van der Waals surface area contributed by atoms with Gasteiger partial charge >= 0.3 is 5.97 Å². The molecule has 0 aliphatic carbocycles. The minimum Gasteiger partial charge on any atom is -0.481 e. The fourth-order valence-electron chi connectivity index (χ4n) is 1.75. The van der Waals surface area contributed by atoms with Gasteiger partial charge in [0.05, 0.1) is 13.2 Å². The second kappa shape index (κ2) is 4.72. The molecule has 1 heterocycles. The summed E-state index contributed by atoms with van der Waals surface area (Å²) in [5.41, 5.74) is -0.368. The van der Waals surface area contributed by atoms with Crippen molar-refractivity contribution in [2.45, 2.75) is 27.2 Å². The Morgan fingerprint density at radius 1 is 1.44 bits per heavy atom. The number of rotatable bonds is 5. The van der Waals surface area contributed by atoms with E-state index in [9.17, 15) is 4.79 Å². The van der Waals surface area contributed by atoms with Gasteiger partial charge in [-0.1, -0.05) is 20.8 Å². The summed E-state index contributed by atoms with van der Waals surface area (Å²) in [4.78, 5) is 13.2. The molecule has 0 aromatic heterocycles. The van der Waals surface area contributed by atoms with Crippen LogP contribution in [0.25, 0.3) is 0 Å². The van der Waals surface area contributed by atoms with Crippen LogP contribution in [0.5, 0.6) is 0 Å². The van der Waals surface area contributed by atoms with Gasteiger partial charge in [0.15, 0.2) is 0 Å².